The molecule has 0 aliphatic carbocycles. The lowest BCUT2D eigenvalue weighted by Gasteiger charge is -2.04. The van der Waals surface area contributed by atoms with Crippen molar-refractivity contribution < 1.29 is 0 Å². The standard InChI is InChI=1S/C12H10N4O2/c17-15-13-11-5-1-9(2-6-11)10-3-7-12(8-4-10)14-16-18/h1-8H,(H,13,17)(H,14,18). The molecule has 0 radical (unpaired) electrons. The van der Waals surface area contributed by atoms with E-state index in [1.807, 2.05) is 24.3 Å². The van der Waals surface area contributed by atoms with Crippen LogP contribution in [0.3, 0.4) is 0 Å². The van der Waals surface area contributed by atoms with Gasteiger partial charge in [-0.15, -0.1) is 9.81 Å². The third-order valence-corrected chi connectivity index (χ3v) is 2.45. The first-order valence-corrected chi connectivity index (χ1v) is 5.21. The van der Waals surface area contributed by atoms with Crippen molar-refractivity contribution in [1.82, 2.24) is 0 Å². The molecule has 18 heavy (non-hydrogen) atoms. The molecule has 2 rings (SSSR count). The third kappa shape index (κ3) is 2.67. The Morgan fingerprint density at radius 1 is 0.611 bits per heavy atom. The van der Waals surface area contributed by atoms with Crippen LogP contribution >= 0.6 is 0 Å². The maximum absolute atomic E-state index is 10.0. The fourth-order valence-electron chi connectivity index (χ4n) is 1.58. The number of anilines is 2. The van der Waals surface area contributed by atoms with Crippen LogP contribution in [0.25, 0.3) is 11.1 Å². The molecule has 0 aliphatic rings. The summed E-state index contributed by atoms with van der Waals surface area (Å²) in [5, 5.41) is 5.18. The van der Waals surface area contributed by atoms with E-state index in [4.69, 9.17) is 0 Å². The number of nitrogens with zero attached hydrogens (tertiary/aromatic N) is 2. The Bertz CT molecular complexity index is 486. The zero-order chi connectivity index (χ0) is 12.8. The summed E-state index contributed by atoms with van der Waals surface area (Å²) >= 11 is 0. The highest BCUT2D eigenvalue weighted by atomic mass is 16.3. The molecule has 2 aromatic carbocycles. The van der Waals surface area contributed by atoms with Gasteiger partial charge in [-0.1, -0.05) is 24.3 Å². The smallest absolute Gasteiger partial charge is 0.0594 e. The largest absolute Gasteiger partial charge is 0.242 e. The van der Waals surface area contributed by atoms with Gasteiger partial charge in [-0.2, -0.15) is 0 Å². The minimum absolute atomic E-state index is 0.636. The van der Waals surface area contributed by atoms with Crippen molar-refractivity contribution in [2.24, 2.45) is 10.6 Å². The summed E-state index contributed by atoms with van der Waals surface area (Å²) in [6.45, 7) is 0. The van der Waals surface area contributed by atoms with Crippen LogP contribution in [0, 0.1) is 9.81 Å². The van der Waals surface area contributed by atoms with E-state index in [0.717, 1.165) is 11.1 Å². The summed E-state index contributed by atoms with van der Waals surface area (Å²) in [4.78, 5) is 20.1. The van der Waals surface area contributed by atoms with Crippen molar-refractivity contribution in [2.45, 2.75) is 0 Å². The molecule has 6 heteroatoms. The monoisotopic (exact) mass is 242 g/mol. The topological polar surface area (TPSA) is 82.9 Å². The Balaban J connectivity index is 2.19. The third-order valence-electron chi connectivity index (χ3n) is 2.45. The molecule has 0 aromatic heterocycles. The quantitative estimate of drug-likeness (QED) is 0.620. The Labute approximate surface area is 103 Å². The van der Waals surface area contributed by atoms with Gasteiger partial charge in [-0.3, -0.25) is 0 Å². The van der Waals surface area contributed by atoms with Gasteiger partial charge in [0.05, 0.1) is 21.9 Å². The van der Waals surface area contributed by atoms with Gasteiger partial charge in [0.25, 0.3) is 0 Å². The maximum Gasteiger partial charge on any atom is 0.0594 e. The maximum atomic E-state index is 10.0. The molecule has 0 fully saturated rings. The summed E-state index contributed by atoms with van der Waals surface area (Å²) in [6, 6.07) is 14.5. The highest BCUT2D eigenvalue weighted by Crippen LogP contribution is 2.23. The molecule has 0 saturated heterocycles. The Morgan fingerprint density at radius 3 is 1.22 bits per heavy atom. The molecule has 2 aromatic rings. The fourth-order valence-corrected chi connectivity index (χ4v) is 1.58. The number of hydrogen-bond acceptors (Lipinski definition) is 4. The van der Waals surface area contributed by atoms with Crippen molar-refractivity contribution >= 4 is 11.4 Å². The van der Waals surface area contributed by atoms with E-state index in [0.29, 0.717) is 11.4 Å². The SMILES string of the molecule is O=NNc1ccc(-c2ccc(NN=O)cc2)cc1. The molecular weight excluding hydrogens is 232 g/mol. The summed E-state index contributed by atoms with van der Waals surface area (Å²) in [5.74, 6) is 0. The highest BCUT2D eigenvalue weighted by Gasteiger charge is 1.98. The Hall–Kier alpha value is -2.76. The summed E-state index contributed by atoms with van der Waals surface area (Å²) < 4.78 is 0. The van der Waals surface area contributed by atoms with E-state index in [2.05, 4.69) is 21.4 Å². The zero-order valence-corrected chi connectivity index (χ0v) is 9.33. The second kappa shape index (κ2) is 5.53. The number of nitroso groups, excluding NO2 is 2. The summed E-state index contributed by atoms with van der Waals surface area (Å²) in [6.07, 6.45) is 0. The minimum Gasteiger partial charge on any atom is -0.242 e. The Kier molecular flexibility index (Phi) is 3.60. The average molecular weight is 242 g/mol. The van der Waals surface area contributed by atoms with Gasteiger partial charge in [0.15, 0.2) is 0 Å². The van der Waals surface area contributed by atoms with Gasteiger partial charge in [-0.05, 0) is 35.4 Å². The van der Waals surface area contributed by atoms with Crippen molar-refractivity contribution in [3.05, 3.63) is 58.3 Å². The van der Waals surface area contributed by atoms with Gasteiger partial charge in [0, 0.05) is 0 Å². The van der Waals surface area contributed by atoms with Crippen LogP contribution in [0.15, 0.2) is 59.1 Å². The van der Waals surface area contributed by atoms with Gasteiger partial charge in [0.2, 0.25) is 0 Å². The molecule has 2 N–H and O–H groups in total. The number of benzene rings is 2. The highest BCUT2D eigenvalue weighted by molar-refractivity contribution is 5.67. The first-order valence-electron chi connectivity index (χ1n) is 5.21. The van der Waals surface area contributed by atoms with Crippen LogP contribution in [0.2, 0.25) is 0 Å². The van der Waals surface area contributed by atoms with Crippen molar-refractivity contribution in [3.63, 3.8) is 0 Å². The first kappa shape index (κ1) is 11.7. The van der Waals surface area contributed by atoms with Gasteiger partial charge >= 0.3 is 0 Å². The molecule has 0 aliphatic heterocycles. The lowest BCUT2D eigenvalue weighted by atomic mass is 10.1. The van der Waals surface area contributed by atoms with E-state index in [-0.39, 0.29) is 0 Å². The fraction of sp³-hybridized carbons (Fsp3) is 0. The number of hydrogen-bond donors (Lipinski definition) is 2. The van der Waals surface area contributed by atoms with Gasteiger partial charge in [0.1, 0.15) is 0 Å². The van der Waals surface area contributed by atoms with Gasteiger partial charge < -0.3 is 0 Å². The molecule has 6 nitrogen and oxygen atoms in total. The van der Waals surface area contributed by atoms with Crippen LogP contribution in [0.5, 0.6) is 0 Å². The molecule has 0 atom stereocenters. The molecule has 0 amide bonds. The lowest BCUT2D eigenvalue weighted by molar-refractivity contribution is 1.31. The molecule has 90 valence electrons. The van der Waals surface area contributed by atoms with Gasteiger partial charge in [-0.25, -0.2) is 10.9 Å². The van der Waals surface area contributed by atoms with Crippen molar-refractivity contribution in [3.8, 4) is 11.1 Å². The molecule has 0 heterocycles. The van der Waals surface area contributed by atoms with E-state index < -0.39 is 0 Å². The number of nitrogens with one attached hydrogen (secondary N) is 2. The molecule has 0 bridgehead atoms. The predicted molar refractivity (Wildman–Crippen MR) is 70.7 cm³/mol. The zero-order valence-electron chi connectivity index (χ0n) is 9.33. The lowest BCUT2D eigenvalue weighted by Crippen LogP contribution is -1.87. The molecule has 0 saturated carbocycles. The number of rotatable bonds is 5. The first-order chi connectivity index (χ1) is 8.83. The summed E-state index contributed by atoms with van der Waals surface area (Å²) in [7, 11) is 0. The van der Waals surface area contributed by atoms with Crippen LogP contribution in [-0.2, 0) is 0 Å². The van der Waals surface area contributed by atoms with E-state index >= 15 is 0 Å². The molecule has 0 spiro atoms. The second-order valence-corrected chi connectivity index (χ2v) is 3.56. The van der Waals surface area contributed by atoms with E-state index in [9.17, 15) is 9.81 Å². The summed E-state index contributed by atoms with van der Waals surface area (Å²) in [5.41, 5.74) is 7.92. The average Bonchev–Trinajstić information content (AvgIpc) is 2.41. The normalized spacial score (nSPS) is 9.56. The predicted octanol–water partition coefficient (Wildman–Crippen LogP) is 3.54. The van der Waals surface area contributed by atoms with E-state index in [1.165, 1.54) is 0 Å². The molecular formula is C12H10N4O2. The second-order valence-electron chi connectivity index (χ2n) is 3.56. The van der Waals surface area contributed by atoms with Crippen LogP contribution in [0.1, 0.15) is 0 Å². The van der Waals surface area contributed by atoms with Crippen molar-refractivity contribution in [2.75, 3.05) is 10.9 Å². The van der Waals surface area contributed by atoms with E-state index in [1.54, 1.807) is 24.3 Å². The van der Waals surface area contributed by atoms with Crippen LogP contribution in [0.4, 0.5) is 11.4 Å². The Morgan fingerprint density at radius 2 is 0.944 bits per heavy atom. The van der Waals surface area contributed by atoms with Crippen LogP contribution in [-0.4, -0.2) is 0 Å². The minimum atomic E-state index is 0.636. The van der Waals surface area contributed by atoms with Crippen LogP contribution < -0.4 is 10.9 Å². The molecule has 0 unspecified atom stereocenters. The van der Waals surface area contributed by atoms with Crippen molar-refractivity contribution in [1.29, 1.82) is 0 Å².